The van der Waals surface area contributed by atoms with E-state index < -0.39 is 15.9 Å². The van der Waals surface area contributed by atoms with Crippen LogP contribution in [0.4, 0.5) is 10.8 Å². The van der Waals surface area contributed by atoms with E-state index in [1.54, 1.807) is 12.1 Å². The van der Waals surface area contributed by atoms with Crippen LogP contribution in [0.15, 0.2) is 77.1 Å². The van der Waals surface area contributed by atoms with Crippen molar-refractivity contribution in [3.8, 4) is 11.1 Å². The largest absolute Gasteiger partial charge is 0.296 e. The fourth-order valence-corrected chi connectivity index (χ4v) is 5.31. The monoisotopic (exact) mass is 504 g/mol. The van der Waals surface area contributed by atoms with Gasteiger partial charge in [0.2, 0.25) is 5.13 Å². The maximum atomic E-state index is 12.9. The maximum Gasteiger partial charge on any atom is 0.291 e. The molecule has 0 bridgehead atoms. The summed E-state index contributed by atoms with van der Waals surface area (Å²) in [5.41, 5.74) is 2.14. The molecule has 0 saturated heterocycles. The molecule has 0 aliphatic carbocycles. The second-order valence-electron chi connectivity index (χ2n) is 6.47. The van der Waals surface area contributed by atoms with Crippen molar-refractivity contribution in [2.24, 2.45) is 0 Å². The van der Waals surface area contributed by atoms with Crippen LogP contribution in [-0.4, -0.2) is 24.5 Å². The molecule has 4 aromatic rings. The molecular weight excluding hydrogens is 491 g/mol. The molecule has 0 atom stereocenters. The van der Waals surface area contributed by atoms with Crippen molar-refractivity contribution < 1.29 is 13.2 Å². The first-order valence-electron chi connectivity index (χ1n) is 9.11. The normalized spacial score (nSPS) is 11.2. The molecule has 0 unspecified atom stereocenters. The summed E-state index contributed by atoms with van der Waals surface area (Å²) in [6.07, 6.45) is 0. The minimum Gasteiger partial charge on any atom is -0.296 e. The lowest BCUT2D eigenvalue weighted by Crippen LogP contribution is -2.13. The SMILES string of the molecule is O=C(Nc1nnc(S(=O)(=O)Nc2ccccc2-c2ccccc2)s1)c1ccc(Cl)cc1Cl. The number of benzene rings is 3. The zero-order valence-electron chi connectivity index (χ0n) is 16.1. The highest BCUT2D eigenvalue weighted by Crippen LogP contribution is 2.31. The van der Waals surface area contributed by atoms with Crippen molar-refractivity contribution in [3.05, 3.63) is 88.4 Å². The first-order valence-corrected chi connectivity index (χ1v) is 12.2. The maximum absolute atomic E-state index is 12.9. The third-order valence-corrected chi connectivity index (χ3v) is 7.41. The molecule has 7 nitrogen and oxygen atoms in total. The number of aromatic nitrogens is 2. The van der Waals surface area contributed by atoms with Crippen LogP contribution in [0.25, 0.3) is 11.1 Å². The van der Waals surface area contributed by atoms with Gasteiger partial charge in [-0.1, -0.05) is 83.1 Å². The Morgan fingerprint density at radius 2 is 1.62 bits per heavy atom. The molecule has 0 spiro atoms. The number of hydrogen-bond acceptors (Lipinski definition) is 6. The van der Waals surface area contributed by atoms with Crippen LogP contribution in [0, 0.1) is 0 Å². The number of nitrogens with one attached hydrogen (secondary N) is 2. The molecule has 4 rings (SSSR count). The first-order chi connectivity index (χ1) is 15.3. The van der Waals surface area contributed by atoms with Gasteiger partial charge in [0.1, 0.15) is 0 Å². The summed E-state index contributed by atoms with van der Waals surface area (Å²) in [5.74, 6) is -0.561. The van der Waals surface area contributed by atoms with Gasteiger partial charge >= 0.3 is 0 Å². The Balaban J connectivity index is 1.55. The molecule has 0 fully saturated rings. The Bertz CT molecular complexity index is 1390. The highest BCUT2D eigenvalue weighted by molar-refractivity contribution is 7.94. The molecule has 0 saturated carbocycles. The molecule has 0 aliphatic heterocycles. The molecule has 1 heterocycles. The Hall–Kier alpha value is -2.98. The fraction of sp³-hybridized carbons (Fsp3) is 0. The summed E-state index contributed by atoms with van der Waals surface area (Å²) < 4.78 is 28.0. The van der Waals surface area contributed by atoms with E-state index in [-0.39, 0.29) is 20.1 Å². The Morgan fingerprint density at radius 3 is 2.38 bits per heavy atom. The Kier molecular flexibility index (Phi) is 6.43. The predicted molar refractivity (Wildman–Crippen MR) is 127 cm³/mol. The molecule has 162 valence electrons. The summed E-state index contributed by atoms with van der Waals surface area (Å²) >= 11 is 12.6. The lowest BCUT2D eigenvalue weighted by Gasteiger charge is -2.11. The molecule has 0 aliphatic rings. The van der Waals surface area contributed by atoms with E-state index >= 15 is 0 Å². The summed E-state index contributed by atoms with van der Waals surface area (Å²) in [6.45, 7) is 0. The summed E-state index contributed by atoms with van der Waals surface area (Å²) in [4.78, 5) is 12.4. The number of rotatable bonds is 6. The zero-order chi connectivity index (χ0) is 22.7. The van der Waals surface area contributed by atoms with E-state index in [4.69, 9.17) is 23.2 Å². The Morgan fingerprint density at radius 1 is 0.906 bits per heavy atom. The van der Waals surface area contributed by atoms with Crippen molar-refractivity contribution in [1.29, 1.82) is 0 Å². The number of para-hydroxylation sites is 1. The number of sulfonamides is 1. The van der Waals surface area contributed by atoms with Crippen molar-refractivity contribution in [3.63, 3.8) is 0 Å². The molecular formula is C21H14Cl2N4O3S2. The van der Waals surface area contributed by atoms with Gasteiger partial charge in [-0.05, 0) is 29.8 Å². The number of carbonyl (C=O) groups excluding carboxylic acids is 1. The van der Waals surface area contributed by atoms with Gasteiger partial charge < -0.3 is 0 Å². The number of carbonyl (C=O) groups is 1. The van der Waals surface area contributed by atoms with Gasteiger partial charge in [-0.25, -0.2) is 0 Å². The van der Waals surface area contributed by atoms with Crippen LogP contribution in [0.5, 0.6) is 0 Å². The van der Waals surface area contributed by atoms with Crippen molar-refractivity contribution in [2.45, 2.75) is 4.34 Å². The van der Waals surface area contributed by atoms with Crippen LogP contribution in [0.1, 0.15) is 10.4 Å². The third-order valence-electron chi connectivity index (χ3n) is 4.29. The van der Waals surface area contributed by atoms with Gasteiger partial charge in [0.15, 0.2) is 0 Å². The lowest BCUT2D eigenvalue weighted by atomic mass is 10.0. The topological polar surface area (TPSA) is 101 Å². The summed E-state index contributed by atoms with van der Waals surface area (Å²) in [7, 11) is -4.04. The highest BCUT2D eigenvalue weighted by Gasteiger charge is 2.23. The lowest BCUT2D eigenvalue weighted by molar-refractivity contribution is 0.102. The van der Waals surface area contributed by atoms with Gasteiger partial charge in [0.25, 0.3) is 20.3 Å². The van der Waals surface area contributed by atoms with E-state index in [1.807, 2.05) is 42.5 Å². The number of hydrogen-bond donors (Lipinski definition) is 2. The standard InChI is InChI=1S/C21H14Cl2N4O3S2/c22-14-10-11-16(17(23)12-14)19(28)24-20-25-26-21(31-20)32(29,30)27-18-9-5-4-8-15(18)13-6-2-1-3-7-13/h1-12,27H,(H,24,25,28). The second kappa shape index (κ2) is 9.25. The number of anilines is 2. The molecule has 3 aromatic carbocycles. The number of amides is 1. The summed E-state index contributed by atoms with van der Waals surface area (Å²) in [5, 5.41) is 10.5. The summed E-state index contributed by atoms with van der Waals surface area (Å²) in [6, 6.07) is 20.8. The van der Waals surface area contributed by atoms with Gasteiger partial charge in [-0.3, -0.25) is 14.8 Å². The van der Waals surface area contributed by atoms with E-state index in [2.05, 4.69) is 20.2 Å². The van der Waals surface area contributed by atoms with Crippen LogP contribution >= 0.6 is 34.5 Å². The van der Waals surface area contributed by atoms with Crippen LogP contribution in [0.2, 0.25) is 10.0 Å². The minimum atomic E-state index is -4.04. The fourth-order valence-electron chi connectivity index (χ4n) is 2.84. The molecule has 11 heteroatoms. The quantitative estimate of drug-likeness (QED) is 0.334. The molecule has 1 aromatic heterocycles. The van der Waals surface area contributed by atoms with Gasteiger partial charge in [-0.15, -0.1) is 10.2 Å². The third kappa shape index (κ3) is 4.91. The van der Waals surface area contributed by atoms with Crippen molar-refractivity contribution in [2.75, 3.05) is 10.0 Å². The Labute approximate surface area is 198 Å². The van der Waals surface area contributed by atoms with Crippen LogP contribution in [0.3, 0.4) is 0 Å². The highest BCUT2D eigenvalue weighted by atomic mass is 35.5. The first kappa shape index (κ1) is 22.2. The minimum absolute atomic E-state index is 0.0118. The van der Waals surface area contributed by atoms with E-state index in [1.165, 1.54) is 18.2 Å². The molecule has 2 N–H and O–H groups in total. The molecule has 0 radical (unpaired) electrons. The van der Waals surface area contributed by atoms with Crippen molar-refractivity contribution >= 4 is 61.3 Å². The van der Waals surface area contributed by atoms with Gasteiger partial charge in [-0.2, -0.15) is 8.42 Å². The van der Waals surface area contributed by atoms with E-state index in [0.717, 1.165) is 16.9 Å². The predicted octanol–water partition coefficient (Wildman–Crippen LogP) is 5.57. The number of halogens is 2. The second-order valence-corrected chi connectivity index (χ2v) is 10.1. The smallest absolute Gasteiger partial charge is 0.291 e. The molecule has 32 heavy (non-hydrogen) atoms. The number of nitrogens with zero attached hydrogens (tertiary/aromatic N) is 2. The van der Waals surface area contributed by atoms with E-state index in [9.17, 15) is 13.2 Å². The van der Waals surface area contributed by atoms with E-state index in [0.29, 0.717) is 16.3 Å². The van der Waals surface area contributed by atoms with Crippen LogP contribution < -0.4 is 10.0 Å². The molecule has 1 amide bonds. The zero-order valence-corrected chi connectivity index (χ0v) is 19.3. The van der Waals surface area contributed by atoms with Gasteiger partial charge in [0, 0.05) is 10.6 Å². The van der Waals surface area contributed by atoms with Crippen LogP contribution in [-0.2, 0) is 10.0 Å². The van der Waals surface area contributed by atoms with Crippen molar-refractivity contribution in [1.82, 2.24) is 10.2 Å². The average molecular weight is 505 g/mol. The van der Waals surface area contributed by atoms with Gasteiger partial charge in [0.05, 0.1) is 16.3 Å². The average Bonchev–Trinajstić information content (AvgIpc) is 3.24.